The number of rotatable bonds is 7. The summed E-state index contributed by atoms with van der Waals surface area (Å²) in [6.45, 7) is 3.96. The number of carbonyl (C=O) groups excluding carboxylic acids is 2. The van der Waals surface area contributed by atoms with E-state index in [2.05, 4.69) is 19.2 Å². The average molecular weight is 331 g/mol. The molecule has 0 radical (unpaired) electrons. The zero-order chi connectivity index (χ0) is 16.7. The van der Waals surface area contributed by atoms with Crippen molar-refractivity contribution >= 4 is 28.9 Å². The van der Waals surface area contributed by atoms with Gasteiger partial charge >= 0.3 is 5.97 Å². The van der Waals surface area contributed by atoms with E-state index in [1.54, 1.807) is 0 Å². The molecule has 1 N–H and O–H groups in total. The maximum absolute atomic E-state index is 12.0. The Morgan fingerprint density at radius 3 is 2.74 bits per heavy atom. The predicted octanol–water partition coefficient (Wildman–Crippen LogP) is 3.99. The molecule has 2 aromatic rings. The van der Waals surface area contributed by atoms with Gasteiger partial charge in [-0.15, -0.1) is 0 Å². The summed E-state index contributed by atoms with van der Waals surface area (Å²) in [6, 6.07) is 9.58. The van der Waals surface area contributed by atoms with Crippen LogP contribution in [-0.4, -0.2) is 18.5 Å². The van der Waals surface area contributed by atoms with Crippen LogP contribution in [0.25, 0.3) is 0 Å². The van der Waals surface area contributed by atoms with Crippen molar-refractivity contribution in [2.24, 2.45) is 0 Å². The molecule has 0 bridgehead atoms. The fourth-order valence-corrected chi connectivity index (χ4v) is 2.87. The Kier molecular flexibility index (Phi) is 6.35. The normalized spacial score (nSPS) is 11.7. The fraction of sp³-hybridized carbons (Fsp3) is 0.333. The number of thiophene rings is 1. The predicted molar refractivity (Wildman–Crippen MR) is 92.8 cm³/mol. The highest BCUT2D eigenvalue weighted by molar-refractivity contribution is 7.07. The third-order valence-corrected chi connectivity index (χ3v) is 4.40. The van der Waals surface area contributed by atoms with Crippen LogP contribution in [0.3, 0.4) is 0 Å². The van der Waals surface area contributed by atoms with E-state index < -0.39 is 5.97 Å². The van der Waals surface area contributed by atoms with Crippen molar-refractivity contribution in [1.29, 1.82) is 0 Å². The minimum Gasteiger partial charge on any atom is -0.455 e. The first kappa shape index (κ1) is 17.2. The number of para-hydroxylation sites is 1. The molecule has 0 unspecified atom stereocenters. The van der Waals surface area contributed by atoms with Crippen LogP contribution in [0.4, 0.5) is 5.69 Å². The first-order valence-corrected chi connectivity index (χ1v) is 8.60. The largest absolute Gasteiger partial charge is 0.455 e. The lowest BCUT2D eigenvalue weighted by Crippen LogP contribution is -2.22. The van der Waals surface area contributed by atoms with Crippen LogP contribution in [0.5, 0.6) is 0 Å². The summed E-state index contributed by atoms with van der Waals surface area (Å²) in [6.07, 6.45) is 1.18. The molecule has 0 aliphatic heterocycles. The van der Waals surface area contributed by atoms with Crippen LogP contribution in [0, 0.1) is 0 Å². The Labute approximate surface area is 140 Å². The van der Waals surface area contributed by atoms with Gasteiger partial charge < -0.3 is 10.1 Å². The second-order valence-electron chi connectivity index (χ2n) is 5.41. The number of anilines is 1. The monoisotopic (exact) mass is 331 g/mol. The zero-order valence-corrected chi connectivity index (χ0v) is 14.2. The molecule has 2 rings (SSSR count). The molecule has 122 valence electrons. The summed E-state index contributed by atoms with van der Waals surface area (Å²) in [7, 11) is 0. The van der Waals surface area contributed by atoms with Gasteiger partial charge in [0, 0.05) is 5.69 Å². The van der Waals surface area contributed by atoms with Gasteiger partial charge in [-0.25, -0.2) is 0 Å². The molecule has 1 atom stereocenters. The highest BCUT2D eigenvalue weighted by Gasteiger charge is 2.13. The van der Waals surface area contributed by atoms with Gasteiger partial charge in [-0.05, 0) is 46.4 Å². The number of carbonyl (C=O) groups is 2. The summed E-state index contributed by atoms with van der Waals surface area (Å²) >= 11 is 1.53. The van der Waals surface area contributed by atoms with Crippen LogP contribution >= 0.6 is 11.3 Å². The number of esters is 1. The number of hydrogen-bond acceptors (Lipinski definition) is 4. The summed E-state index contributed by atoms with van der Waals surface area (Å²) in [5.74, 6) is -0.360. The molecular formula is C18H21NO3S. The second kappa shape index (κ2) is 8.48. The van der Waals surface area contributed by atoms with E-state index in [4.69, 9.17) is 4.74 Å². The van der Waals surface area contributed by atoms with E-state index in [9.17, 15) is 9.59 Å². The fourth-order valence-electron chi connectivity index (χ4n) is 2.20. The van der Waals surface area contributed by atoms with Gasteiger partial charge in [-0.2, -0.15) is 11.3 Å². The Balaban J connectivity index is 1.86. The maximum atomic E-state index is 12.0. The molecule has 4 nitrogen and oxygen atoms in total. The Bertz CT molecular complexity index is 652. The van der Waals surface area contributed by atoms with Gasteiger partial charge in [0.05, 0.1) is 6.42 Å². The minimum absolute atomic E-state index is 0.195. The van der Waals surface area contributed by atoms with Gasteiger partial charge in [0.25, 0.3) is 5.91 Å². The SMILES string of the molecule is CC[C@@H](C)c1ccccc1NC(=O)COC(=O)Cc1ccsc1. The van der Waals surface area contributed by atoms with E-state index in [-0.39, 0.29) is 18.9 Å². The molecule has 23 heavy (non-hydrogen) atoms. The van der Waals surface area contributed by atoms with Crippen molar-refractivity contribution in [2.45, 2.75) is 32.6 Å². The molecule has 0 saturated carbocycles. The van der Waals surface area contributed by atoms with Crippen molar-refractivity contribution in [3.8, 4) is 0 Å². The van der Waals surface area contributed by atoms with E-state index in [0.717, 1.165) is 23.2 Å². The molecule has 1 aromatic heterocycles. The van der Waals surface area contributed by atoms with E-state index in [1.807, 2.05) is 41.1 Å². The quantitative estimate of drug-likeness (QED) is 0.781. The summed E-state index contributed by atoms with van der Waals surface area (Å²) in [5, 5.41) is 6.62. The lowest BCUT2D eigenvalue weighted by atomic mass is 9.97. The van der Waals surface area contributed by atoms with Gasteiger partial charge in [0.1, 0.15) is 0 Å². The molecule has 1 aromatic carbocycles. The number of amides is 1. The van der Waals surface area contributed by atoms with Crippen LogP contribution in [0.15, 0.2) is 41.1 Å². The number of benzene rings is 1. The van der Waals surface area contributed by atoms with E-state index >= 15 is 0 Å². The molecule has 0 aliphatic carbocycles. The maximum Gasteiger partial charge on any atom is 0.310 e. The van der Waals surface area contributed by atoms with E-state index in [1.165, 1.54) is 11.3 Å². The minimum atomic E-state index is -0.395. The molecule has 0 aliphatic rings. The van der Waals surface area contributed by atoms with Crippen LogP contribution in [0.2, 0.25) is 0 Å². The van der Waals surface area contributed by atoms with E-state index in [0.29, 0.717) is 5.92 Å². The first-order valence-electron chi connectivity index (χ1n) is 7.65. The lowest BCUT2D eigenvalue weighted by Gasteiger charge is -2.15. The van der Waals surface area contributed by atoms with Crippen molar-refractivity contribution in [3.63, 3.8) is 0 Å². The smallest absolute Gasteiger partial charge is 0.310 e. The topological polar surface area (TPSA) is 55.4 Å². The Morgan fingerprint density at radius 2 is 2.04 bits per heavy atom. The Morgan fingerprint density at radius 1 is 1.26 bits per heavy atom. The molecule has 1 amide bonds. The summed E-state index contributed by atoms with van der Waals surface area (Å²) in [4.78, 5) is 23.7. The summed E-state index contributed by atoms with van der Waals surface area (Å²) < 4.78 is 5.03. The highest BCUT2D eigenvalue weighted by Crippen LogP contribution is 2.26. The lowest BCUT2D eigenvalue weighted by molar-refractivity contribution is -0.146. The molecular weight excluding hydrogens is 310 g/mol. The molecule has 5 heteroatoms. The van der Waals surface area contributed by atoms with Gasteiger partial charge in [0.15, 0.2) is 6.61 Å². The van der Waals surface area contributed by atoms with Crippen molar-refractivity contribution in [1.82, 2.24) is 0 Å². The molecule has 0 saturated heterocycles. The van der Waals surface area contributed by atoms with Crippen LogP contribution in [-0.2, 0) is 20.7 Å². The van der Waals surface area contributed by atoms with Crippen molar-refractivity contribution < 1.29 is 14.3 Å². The first-order chi connectivity index (χ1) is 11.1. The highest BCUT2D eigenvalue weighted by atomic mass is 32.1. The standard InChI is InChI=1S/C18H21NO3S/c1-3-13(2)15-6-4-5-7-16(15)19-17(20)11-22-18(21)10-14-8-9-23-12-14/h4-9,12-13H,3,10-11H2,1-2H3,(H,19,20)/t13-/m1/s1. The number of nitrogens with one attached hydrogen (secondary N) is 1. The summed E-state index contributed by atoms with van der Waals surface area (Å²) in [5.41, 5.74) is 2.77. The van der Waals surface area contributed by atoms with Crippen LogP contribution < -0.4 is 5.32 Å². The molecule has 1 heterocycles. The van der Waals surface area contributed by atoms with Crippen molar-refractivity contribution in [3.05, 3.63) is 52.2 Å². The average Bonchev–Trinajstić information content (AvgIpc) is 3.05. The van der Waals surface area contributed by atoms with Crippen molar-refractivity contribution in [2.75, 3.05) is 11.9 Å². The van der Waals surface area contributed by atoms with Gasteiger partial charge in [0.2, 0.25) is 0 Å². The number of ether oxygens (including phenoxy) is 1. The molecule has 0 fully saturated rings. The van der Waals surface area contributed by atoms with Crippen LogP contribution in [0.1, 0.15) is 37.3 Å². The third-order valence-electron chi connectivity index (χ3n) is 3.67. The van der Waals surface area contributed by atoms with Gasteiger partial charge in [-0.3, -0.25) is 9.59 Å². The Hall–Kier alpha value is -2.14. The second-order valence-corrected chi connectivity index (χ2v) is 6.19. The number of hydrogen-bond donors (Lipinski definition) is 1. The molecule has 0 spiro atoms. The van der Waals surface area contributed by atoms with Gasteiger partial charge in [-0.1, -0.05) is 32.0 Å². The zero-order valence-electron chi connectivity index (χ0n) is 13.4. The third kappa shape index (κ3) is 5.21.